The highest BCUT2D eigenvalue weighted by Crippen LogP contribution is 2.29. The highest BCUT2D eigenvalue weighted by atomic mass is 32.1. The number of rotatable bonds is 2. The summed E-state index contributed by atoms with van der Waals surface area (Å²) in [7, 11) is 0. The number of carbonyl (C=O) groups is 1. The Morgan fingerprint density at radius 3 is 3.14 bits per heavy atom. The van der Waals surface area contributed by atoms with E-state index in [1.165, 1.54) is 0 Å². The first-order valence-corrected chi connectivity index (χ1v) is 7.65. The zero-order valence-electron chi connectivity index (χ0n) is 11.5. The maximum Gasteiger partial charge on any atom is 0.251 e. The number of benzene rings is 1. The average Bonchev–Trinajstić information content (AvgIpc) is 3.02. The van der Waals surface area contributed by atoms with E-state index in [1.54, 1.807) is 18.3 Å². The molecule has 1 aromatic carbocycles. The standard InChI is InChI=1S/C15H12N4O2S/c20-15(9-3-4-10-12(8-9)19-22-18-10)17-11-5-7-21-13-2-1-6-16-14(11)13/h1-4,6,8,11H,5,7H2,(H,17,20). The SMILES string of the molecule is O=C(NC1CCOc2cccnc21)c1ccc2nsnc2c1. The molecule has 1 N–H and O–H groups in total. The largest absolute Gasteiger partial charge is 0.491 e. The van der Waals surface area contributed by atoms with E-state index in [0.29, 0.717) is 18.6 Å². The van der Waals surface area contributed by atoms with E-state index in [2.05, 4.69) is 19.0 Å². The van der Waals surface area contributed by atoms with Crippen LogP contribution in [0.15, 0.2) is 36.5 Å². The molecule has 2 aromatic heterocycles. The van der Waals surface area contributed by atoms with E-state index < -0.39 is 0 Å². The summed E-state index contributed by atoms with van der Waals surface area (Å²) in [5.74, 6) is 0.594. The number of nitrogens with zero attached hydrogens (tertiary/aromatic N) is 3. The fourth-order valence-corrected chi connectivity index (χ4v) is 3.03. The van der Waals surface area contributed by atoms with Crippen LogP contribution in [0.3, 0.4) is 0 Å². The minimum Gasteiger partial charge on any atom is -0.491 e. The van der Waals surface area contributed by atoms with Crippen molar-refractivity contribution in [3.05, 3.63) is 47.8 Å². The lowest BCUT2D eigenvalue weighted by Gasteiger charge is -2.25. The lowest BCUT2D eigenvalue weighted by atomic mass is 10.1. The van der Waals surface area contributed by atoms with E-state index in [9.17, 15) is 4.79 Å². The minimum atomic E-state index is -0.140. The molecule has 1 amide bonds. The van der Waals surface area contributed by atoms with Crippen molar-refractivity contribution in [2.45, 2.75) is 12.5 Å². The van der Waals surface area contributed by atoms with Gasteiger partial charge in [0.15, 0.2) is 0 Å². The van der Waals surface area contributed by atoms with Crippen molar-refractivity contribution >= 4 is 28.7 Å². The number of fused-ring (bicyclic) bond motifs is 2. The second-order valence-electron chi connectivity index (χ2n) is 5.02. The zero-order chi connectivity index (χ0) is 14.9. The first-order valence-electron chi connectivity index (χ1n) is 6.92. The van der Waals surface area contributed by atoms with Crippen molar-refractivity contribution in [1.29, 1.82) is 0 Å². The molecule has 4 rings (SSSR count). The molecular formula is C15H12N4O2S. The number of ether oxygens (including phenoxy) is 1. The van der Waals surface area contributed by atoms with Crippen LogP contribution in [0.2, 0.25) is 0 Å². The van der Waals surface area contributed by atoms with E-state index in [4.69, 9.17) is 4.74 Å². The molecule has 0 aliphatic carbocycles. The molecule has 0 spiro atoms. The van der Waals surface area contributed by atoms with Gasteiger partial charge in [0, 0.05) is 18.2 Å². The van der Waals surface area contributed by atoms with E-state index in [-0.39, 0.29) is 11.9 Å². The van der Waals surface area contributed by atoms with Gasteiger partial charge in [-0.05, 0) is 30.3 Å². The van der Waals surface area contributed by atoms with Crippen LogP contribution in [-0.4, -0.2) is 26.2 Å². The van der Waals surface area contributed by atoms with Crippen LogP contribution in [-0.2, 0) is 0 Å². The van der Waals surface area contributed by atoms with Crippen molar-refractivity contribution < 1.29 is 9.53 Å². The average molecular weight is 312 g/mol. The molecule has 1 unspecified atom stereocenters. The molecule has 6 nitrogen and oxygen atoms in total. The van der Waals surface area contributed by atoms with Crippen molar-refractivity contribution in [3.8, 4) is 5.75 Å². The van der Waals surface area contributed by atoms with E-state index in [0.717, 1.165) is 34.2 Å². The van der Waals surface area contributed by atoms with Gasteiger partial charge in [0.25, 0.3) is 5.91 Å². The number of nitrogens with one attached hydrogen (secondary N) is 1. The van der Waals surface area contributed by atoms with Crippen molar-refractivity contribution in [1.82, 2.24) is 19.0 Å². The number of carbonyl (C=O) groups excluding carboxylic acids is 1. The molecule has 1 atom stereocenters. The molecule has 3 aromatic rings. The third kappa shape index (κ3) is 2.29. The monoisotopic (exact) mass is 312 g/mol. The molecular weight excluding hydrogens is 300 g/mol. The van der Waals surface area contributed by atoms with Gasteiger partial charge in [-0.15, -0.1) is 0 Å². The predicted octanol–water partition coefficient (Wildman–Crippen LogP) is 2.34. The molecule has 0 bridgehead atoms. The van der Waals surface area contributed by atoms with Gasteiger partial charge in [0.1, 0.15) is 22.5 Å². The highest BCUT2D eigenvalue weighted by molar-refractivity contribution is 7.00. The third-order valence-electron chi connectivity index (χ3n) is 3.62. The quantitative estimate of drug-likeness (QED) is 0.786. The second-order valence-corrected chi connectivity index (χ2v) is 5.55. The van der Waals surface area contributed by atoms with Crippen molar-refractivity contribution in [2.75, 3.05) is 6.61 Å². The van der Waals surface area contributed by atoms with Gasteiger partial charge in [-0.3, -0.25) is 9.78 Å². The normalized spacial score (nSPS) is 16.8. The lowest BCUT2D eigenvalue weighted by molar-refractivity contribution is 0.0923. The molecule has 1 aliphatic heterocycles. The fourth-order valence-electron chi connectivity index (χ4n) is 2.52. The zero-order valence-corrected chi connectivity index (χ0v) is 12.3. The topological polar surface area (TPSA) is 77.0 Å². The van der Waals surface area contributed by atoms with Crippen LogP contribution in [0.25, 0.3) is 11.0 Å². The van der Waals surface area contributed by atoms with Crippen molar-refractivity contribution in [3.63, 3.8) is 0 Å². The van der Waals surface area contributed by atoms with Crippen LogP contribution in [0.4, 0.5) is 0 Å². The molecule has 3 heterocycles. The van der Waals surface area contributed by atoms with Gasteiger partial charge in [0.05, 0.1) is 24.4 Å². The van der Waals surface area contributed by atoms with Gasteiger partial charge in [-0.2, -0.15) is 8.75 Å². The van der Waals surface area contributed by atoms with E-state index in [1.807, 2.05) is 18.2 Å². The van der Waals surface area contributed by atoms with Crippen molar-refractivity contribution in [2.24, 2.45) is 0 Å². The van der Waals surface area contributed by atoms with Crippen LogP contribution in [0, 0.1) is 0 Å². The Balaban J connectivity index is 1.59. The van der Waals surface area contributed by atoms with Gasteiger partial charge >= 0.3 is 0 Å². The van der Waals surface area contributed by atoms with Crippen LogP contribution in [0.1, 0.15) is 28.5 Å². The fraction of sp³-hybridized carbons (Fsp3) is 0.200. The molecule has 7 heteroatoms. The smallest absolute Gasteiger partial charge is 0.251 e. The van der Waals surface area contributed by atoms with Crippen LogP contribution < -0.4 is 10.1 Å². The molecule has 0 saturated heterocycles. The summed E-state index contributed by atoms with van der Waals surface area (Å²) in [6.07, 6.45) is 2.41. The Hall–Kier alpha value is -2.54. The molecule has 110 valence electrons. The van der Waals surface area contributed by atoms with Gasteiger partial charge in [-0.25, -0.2) is 0 Å². The van der Waals surface area contributed by atoms with E-state index >= 15 is 0 Å². The Kier molecular flexibility index (Phi) is 3.19. The Morgan fingerprint density at radius 2 is 2.18 bits per heavy atom. The number of amides is 1. The summed E-state index contributed by atoms with van der Waals surface area (Å²) in [4.78, 5) is 16.8. The summed E-state index contributed by atoms with van der Waals surface area (Å²) in [6, 6.07) is 8.88. The summed E-state index contributed by atoms with van der Waals surface area (Å²) < 4.78 is 13.9. The summed E-state index contributed by atoms with van der Waals surface area (Å²) in [5.41, 5.74) is 2.89. The maximum absolute atomic E-state index is 12.5. The van der Waals surface area contributed by atoms with Crippen LogP contribution >= 0.6 is 11.7 Å². The summed E-state index contributed by atoms with van der Waals surface area (Å²) in [5, 5.41) is 3.02. The first-order chi connectivity index (χ1) is 10.8. The predicted molar refractivity (Wildman–Crippen MR) is 82.0 cm³/mol. The summed E-state index contributed by atoms with van der Waals surface area (Å²) >= 11 is 1.14. The molecule has 1 aliphatic rings. The molecule has 0 radical (unpaired) electrons. The summed E-state index contributed by atoms with van der Waals surface area (Å²) in [6.45, 7) is 0.568. The highest BCUT2D eigenvalue weighted by Gasteiger charge is 2.24. The number of aromatic nitrogens is 3. The van der Waals surface area contributed by atoms with Gasteiger partial charge in [0.2, 0.25) is 0 Å². The van der Waals surface area contributed by atoms with Gasteiger partial charge in [-0.1, -0.05) is 0 Å². The first kappa shape index (κ1) is 13.1. The van der Waals surface area contributed by atoms with Crippen LogP contribution in [0.5, 0.6) is 5.75 Å². The third-order valence-corrected chi connectivity index (χ3v) is 4.17. The Morgan fingerprint density at radius 1 is 1.27 bits per heavy atom. The Bertz CT molecular complexity index is 848. The minimum absolute atomic E-state index is 0.137. The molecule has 22 heavy (non-hydrogen) atoms. The Labute approximate surface area is 130 Å². The number of hydrogen-bond donors (Lipinski definition) is 1. The maximum atomic E-state index is 12.5. The molecule has 0 fully saturated rings. The number of pyridine rings is 1. The number of hydrogen-bond acceptors (Lipinski definition) is 6. The second kappa shape index (κ2) is 5.34. The van der Waals surface area contributed by atoms with Gasteiger partial charge < -0.3 is 10.1 Å². The molecule has 0 saturated carbocycles. The lowest BCUT2D eigenvalue weighted by Crippen LogP contribution is -2.32.